The molecule has 1 N–H and O–H groups in total. The predicted octanol–water partition coefficient (Wildman–Crippen LogP) is 2.75. The van der Waals surface area contributed by atoms with E-state index >= 15 is 0 Å². The lowest BCUT2D eigenvalue weighted by Gasteiger charge is -2.49. The van der Waals surface area contributed by atoms with Crippen LogP contribution < -0.4 is 0 Å². The first-order valence-electron chi connectivity index (χ1n) is 6.93. The average Bonchev–Trinajstić information content (AvgIpc) is 2.93. The summed E-state index contributed by atoms with van der Waals surface area (Å²) in [6.07, 6.45) is 4.74. The maximum Gasteiger partial charge on any atom is 0.112 e. The Balaban J connectivity index is 1.92. The number of hydrogen-bond donors (Lipinski definition) is 1. The largest absolute Gasteiger partial charge is 0.469 e. The topological polar surface area (TPSA) is 45.9 Å². The van der Waals surface area contributed by atoms with Gasteiger partial charge in [-0.2, -0.15) is 0 Å². The van der Waals surface area contributed by atoms with Gasteiger partial charge >= 0.3 is 0 Å². The molecule has 1 saturated heterocycles. The number of furan rings is 1. The molecule has 3 nitrogen and oxygen atoms in total. The molecule has 2 fully saturated rings. The molecule has 1 spiro atoms. The molecule has 0 bridgehead atoms. The molecule has 18 heavy (non-hydrogen) atoms. The Hall–Kier alpha value is -0.800. The number of fused-ring (bicyclic) bond motifs is 1. The molecule has 1 aromatic rings. The summed E-state index contributed by atoms with van der Waals surface area (Å²) >= 11 is 0. The fraction of sp³-hybridized carbons (Fsp3) is 0.733. The predicted molar refractivity (Wildman–Crippen MR) is 66.2 cm³/mol. The quantitative estimate of drug-likeness (QED) is 0.718. The van der Waals surface area contributed by atoms with E-state index in [-0.39, 0.29) is 11.0 Å². The fourth-order valence-electron chi connectivity index (χ4n) is 4.50. The van der Waals surface area contributed by atoms with Crippen molar-refractivity contribution in [2.75, 3.05) is 0 Å². The summed E-state index contributed by atoms with van der Waals surface area (Å²) in [4.78, 5) is 0. The number of ether oxygens (including phenoxy) is 1. The van der Waals surface area contributed by atoms with Crippen molar-refractivity contribution in [2.45, 2.75) is 57.8 Å². The van der Waals surface area contributed by atoms with Crippen LogP contribution in [0, 0.1) is 18.3 Å². The van der Waals surface area contributed by atoms with Crippen molar-refractivity contribution in [3.8, 4) is 0 Å². The van der Waals surface area contributed by atoms with E-state index in [0.29, 0.717) is 12.0 Å². The Kier molecular flexibility index (Phi) is 1.86. The highest BCUT2D eigenvalue weighted by atomic mass is 16.6. The second kappa shape index (κ2) is 3.02. The third kappa shape index (κ3) is 0.970. The van der Waals surface area contributed by atoms with Crippen LogP contribution in [0.4, 0.5) is 0 Å². The smallest absolute Gasteiger partial charge is 0.112 e. The Morgan fingerprint density at radius 3 is 2.94 bits per heavy atom. The van der Waals surface area contributed by atoms with Crippen molar-refractivity contribution in [1.29, 1.82) is 0 Å². The minimum Gasteiger partial charge on any atom is -0.469 e. The van der Waals surface area contributed by atoms with Gasteiger partial charge < -0.3 is 14.3 Å². The summed E-state index contributed by atoms with van der Waals surface area (Å²) in [6, 6.07) is 0. The van der Waals surface area contributed by atoms with Gasteiger partial charge in [-0.3, -0.25) is 0 Å². The normalized spacial score (nSPS) is 49.2. The SMILES string of the molecule is Cc1coc2c1[C@@H](O)[C@]1(C)[C@@H](C)CC[C@@H]3O[C@@]31C2. The molecule has 0 aromatic carbocycles. The van der Waals surface area contributed by atoms with Gasteiger partial charge in [0, 0.05) is 17.4 Å². The lowest BCUT2D eigenvalue weighted by molar-refractivity contribution is -0.0834. The molecule has 3 aliphatic rings. The zero-order valence-corrected chi connectivity index (χ0v) is 11.2. The van der Waals surface area contributed by atoms with E-state index in [9.17, 15) is 5.11 Å². The first-order valence-corrected chi connectivity index (χ1v) is 6.93. The van der Waals surface area contributed by atoms with E-state index in [4.69, 9.17) is 9.15 Å². The van der Waals surface area contributed by atoms with E-state index in [2.05, 4.69) is 13.8 Å². The van der Waals surface area contributed by atoms with Gasteiger partial charge in [0.05, 0.1) is 18.5 Å². The van der Waals surface area contributed by atoms with Gasteiger partial charge in [0.15, 0.2) is 0 Å². The van der Waals surface area contributed by atoms with Crippen molar-refractivity contribution >= 4 is 0 Å². The van der Waals surface area contributed by atoms with Gasteiger partial charge in [-0.25, -0.2) is 0 Å². The first kappa shape index (κ1) is 11.1. The van der Waals surface area contributed by atoms with Crippen LogP contribution in [-0.2, 0) is 11.2 Å². The molecule has 98 valence electrons. The molecule has 1 aromatic heterocycles. The van der Waals surface area contributed by atoms with Crippen molar-refractivity contribution < 1.29 is 14.3 Å². The highest BCUT2D eigenvalue weighted by Crippen LogP contribution is 2.68. The van der Waals surface area contributed by atoms with E-state index in [1.54, 1.807) is 6.26 Å². The van der Waals surface area contributed by atoms with Gasteiger partial charge in [0.25, 0.3) is 0 Å². The molecule has 1 saturated carbocycles. The van der Waals surface area contributed by atoms with E-state index in [1.165, 1.54) is 0 Å². The summed E-state index contributed by atoms with van der Waals surface area (Å²) in [6.45, 7) is 6.48. The van der Waals surface area contributed by atoms with E-state index < -0.39 is 6.10 Å². The first-order chi connectivity index (χ1) is 8.50. The van der Waals surface area contributed by atoms with Crippen molar-refractivity contribution in [1.82, 2.24) is 0 Å². The van der Waals surface area contributed by atoms with Gasteiger partial charge in [-0.15, -0.1) is 0 Å². The van der Waals surface area contributed by atoms with Crippen LogP contribution in [0.15, 0.2) is 10.7 Å². The number of hydrogen-bond acceptors (Lipinski definition) is 3. The Morgan fingerprint density at radius 1 is 1.39 bits per heavy atom. The monoisotopic (exact) mass is 248 g/mol. The van der Waals surface area contributed by atoms with Crippen LogP contribution in [0.25, 0.3) is 0 Å². The number of epoxide rings is 1. The van der Waals surface area contributed by atoms with Gasteiger partial charge in [0.2, 0.25) is 0 Å². The molecule has 4 rings (SSSR count). The lowest BCUT2D eigenvalue weighted by Crippen LogP contribution is -2.53. The maximum absolute atomic E-state index is 10.9. The summed E-state index contributed by atoms with van der Waals surface area (Å²) in [5.74, 6) is 1.42. The van der Waals surface area contributed by atoms with E-state index in [0.717, 1.165) is 36.1 Å². The third-order valence-corrected chi connectivity index (χ3v) is 5.98. The van der Waals surface area contributed by atoms with Crippen LogP contribution in [0.5, 0.6) is 0 Å². The molecule has 0 unspecified atom stereocenters. The molecule has 2 heterocycles. The summed E-state index contributed by atoms with van der Waals surface area (Å²) < 4.78 is 11.7. The van der Waals surface area contributed by atoms with Crippen LogP contribution in [-0.4, -0.2) is 16.8 Å². The summed E-state index contributed by atoms with van der Waals surface area (Å²) in [5.41, 5.74) is 1.76. The molecular weight excluding hydrogens is 228 g/mol. The zero-order chi connectivity index (χ0) is 12.7. The van der Waals surface area contributed by atoms with Gasteiger partial charge in [0.1, 0.15) is 11.4 Å². The molecule has 3 heteroatoms. The second-order valence-electron chi connectivity index (χ2n) is 6.59. The minimum absolute atomic E-state index is 0.165. The van der Waals surface area contributed by atoms with Crippen molar-refractivity contribution in [3.05, 3.63) is 23.2 Å². The number of aryl methyl sites for hydroxylation is 1. The molecule has 0 amide bonds. The van der Waals surface area contributed by atoms with Crippen molar-refractivity contribution in [2.24, 2.45) is 11.3 Å². The number of rotatable bonds is 0. The molecule has 0 radical (unpaired) electrons. The fourth-order valence-corrected chi connectivity index (χ4v) is 4.50. The van der Waals surface area contributed by atoms with Crippen LogP contribution >= 0.6 is 0 Å². The Bertz CT molecular complexity index is 520. The lowest BCUT2D eigenvalue weighted by atomic mass is 9.54. The average molecular weight is 248 g/mol. The minimum atomic E-state index is -0.458. The van der Waals surface area contributed by atoms with Crippen LogP contribution in [0.1, 0.15) is 49.7 Å². The molecule has 1 aliphatic heterocycles. The standard InChI is InChI=1S/C15H20O3/c1-8-7-17-10-6-15-11(18-15)5-4-9(2)14(15,3)13(16)12(8)10/h7,9,11,13,16H,4-6H2,1-3H3/t9-,11-,13+,14-,15-/m0/s1. The number of aliphatic hydroxyl groups is 1. The molecular formula is C15H20O3. The maximum atomic E-state index is 10.9. The van der Waals surface area contributed by atoms with E-state index in [1.807, 2.05) is 6.92 Å². The van der Waals surface area contributed by atoms with Gasteiger partial charge in [-0.1, -0.05) is 13.8 Å². The Labute approximate surface area is 107 Å². The van der Waals surface area contributed by atoms with Crippen LogP contribution in [0.2, 0.25) is 0 Å². The summed E-state index contributed by atoms with van der Waals surface area (Å²) in [7, 11) is 0. The zero-order valence-electron chi connectivity index (χ0n) is 11.2. The third-order valence-electron chi connectivity index (χ3n) is 5.98. The summed E-state index contributed by atoms with van der Waals surface area (Å²) in [5, 5.41) is 10.9. The van der Waals surface area contributed by atoms with Gasteiger partial charge in [-0.05, 0) is 31.2 Å². The second-order valence-corrected chi connectivity index (χ2v) is 6.59. The molecule has 2 aliphatic carbocycles. The Morgan fingerprint density at radius 2 is 2.17 bits per heavy atom. The number of aliphatic hydroxyl groups excluding tert-OH is 1. The molecule has 5 atom stereocenters. The van der Waals surface area contributed by atoms with Crippen LogP contribution in [0.3, 0.4) is 0 Å². The van der Waals surface area contributed by atoms with Crippen molar-refractivity contribution in [3.63, 3.8) is 0 Å². The highest BCUT2D eigenvalue weighted by Gasteiger charge is 2.74. The highest BCUT2D eigenvalue weighted by molar-refractivity contribution is 5.40.